The number of carboxylic acid groups (broad SMARTS) is 1. The Kier molecular flexibility index (Phi) is 13.9. The highest BCUT2D eigenvalue weighted by Gasteiger charge is 2.68. The summed E-state index contributed by atoms with van der Waals surface area (Å²) in [5.41, 5.74) is -6.24. The predicted octanol–water partition coefficient (Wildman–Crippen LogP) is 6.47. The van der Waals surface area contributed by atoms with E-state index >= 15 is 8.78 Å². The first-order chi connectivity index (χ1) is 32.8. The number of carbonyl (C=O) groups is 3. The molecule has 0 radical (unpaired) electrons. The normalized spacial score (nSPS) is 17.3. The number of carboxylic acids is 1. The van der Waals surface area contributed by atoms with Crippen molar-refractivity contribution in [2.75, 3.05) is 13.0 Å². The van der Waals surface area contributed by atoms with E-state index in [4.69, 9.17) is 16.7 Å². The summed E-state index contributed by atoms with van der Waals surface area (Å²) < 4.78 is 199. The number of nitrogens with zero attached hydrogens (tertiary/aromatic N) is 6. The van der Waals surface area contributed by atoms with Gasteiger partial charge in [0.15, 0.2) is 22.3 Å². The first-order valence-corrected chi connectivity index (χ1v) is 23.6. The maximum Gasteiger partial charge on any atom is 0.435 e. The van der Waals surface area contributed by atoms with Crippen molar-refractivity contribution >= 4 is 61.5 Å². The van der Waals surface area contributed by atoms with Crippen molar-refractivity contribution in [3.63, 3.8) is 0 Å². The summed E-state index contributed by atoms with van der Waals surface area (Å²) in [4.78, 5) is 41.3. The highest BCUT2D eigenvalue weighted by molar-refractivity contribution is 7.92. The fraction of sp³-hybridized carbons (Fsp3) is 0.381. The van der Waals surface area contributed by atoms with Crippen LogP contribution in [0.1, 0.15) is 71.8 Å². The van der Waals surface area contributed by atoms with Gasteiger partial charge in [0.2, 0.25) is 5.91 Å². The Hall–Kier alpha value is -6.15. The number of esters is 1. The zero-order chi connectivity index (χ0) is 52.5. The lowest BCUT2D eigenvalue weighted by Gasteiger charge is -2.23. The number of hydrogen-bond acceptors (Lipinski definition) is 11. The average Bonchev–Trinajstić information content (AvgIpc) is 3.75. The lowest BCUT2D eigenvalue weighted by atomic mass is 9.93. The molecule has 0 bridgehead atoms. The minimum absolute atomic E-state index is 0.183. The second kappa shape index (κ2) is 18.8. The smallest absolute Gasteiger partial charge is 0.435 e. The first kappa shape index (κ1) is 52.7. The lowest BCUT2D eigenvalue weighted by molar-refractivity contribution is -0.165. The number of aromatic nitrogens is 5. The van der Waals surface area contributed by atoms with Crippen LogP contribution in [0.15, 0.2) is 42.5 Å². The van der Waals surface area contributed by atoms with Crippen LogP contribution in [0.5, 0.6) is 0 Å². The summed E-state index contributed by atoms with van der Waals surface area (Å²) in [6.45, 7) is -3.05. The highest BCUT2D eigenvalue weighted by atomic mass is 35.5. The van der Waals surface area contributed by atoms with Gasteiger partial charge in [-0.1, -0.05) is 23.6 Å². The SMILES string of the molecule is CC(C)(C#Cc1ccc(-c2ccc(Cl)c3c(CN(COC(=O)C(=O)O)S(=O)[O-])nn(CC(F)(F)F)c23)c(C(Cc2cc(F)cc(F)c2)NC(=O)Cn2nc(C(F)(F)F)c3c2C(F)(F)[C@@H]2C[C@H]32)n1)S(C)(=O)=O. The van der Waals surface area contributed by atoms with E-state index in [1.807, 2.05) is 0 Å². The van der Waals surface area contributed by atoms with E-state index in [-0.39, 0.29) is 42.8 Å². The Morgan fingerprint density at radius 1 is 1.04 bits per heavy atom. The second-order valence-corrected chi connectivity index (χ2v) is 20.8. The molecule has 380 valence electrons. The van der Waals surface area contributed by atoms with E-state index in [9.17, 15) is 66.7 Å². The number of nitrogens with one attached hydrogen (secondary N) is 1. The number of rotatable bonds is 14. The molecule has 0 saturated heterocycles. The Labute approximate surface area is 401 Å². The molecule has 3 aromatic heterocycles. The van der Waals surface area contributed by atoms with Crippen LogP contribution in [-0.2, 0) is 78.4 Å². The average molecular weight is 1070 g/mol. The summed E-state index contributed by atoms with van der Waals surface area (Å²) in [5.74, 6) is -9.14. The lowest BCUT2D eigenvalue weighted by Crippen LogP contribution is -2.35. The molecule has 2 N–H and O–H groups in total. The van der Waals surface area contributed by atoms with Gasteiger partial charge in [0.1, 0.15) is 40.9 Å². The third kappa shape index (κ3) is 11.0. The molecular weight excluding hydrogens is 1040 g/mol. The van der Waals surface area contributed by atoms with Crippen molar-refractivity contribution in [1.82, 2.24) is 34.2 Å². The molecule has 2 aromatic carbocycles. The van der Waals surface area contributed by atoms with E-state index < -0.39 is 164 Å². The third-order valence-corrected chi connectivity index (χ3v) is 14.4. The summed E-state index contributed by atoms with van der Waals surface area (Å²) >= 11 is 3.19. The molecule has 2 aliphatic rings. The zero-order valence-corrected chi connectivity index (χ0v) is 38.8. The molecule has 1 fully saturated rings. The predicted molar refractivity (Wildman–Crippen MR) is 226 cm³/mol. The van der Waals surface area contributed by atoms with Crippen molar-refractivity contribution in [3.8, 4) is 23.0 Å². The van der Waals surface area contributed by atoms with E-state index in [0.717, 1.165) is 42.7 Å². The van der Waals surface area contributed by atoms with Gasteiger partial charge < -0.3 is 19.7 Å². The van der Waals surface area contributed by atoms with Crippen molar-refractivity contribution in [2.45, 2.75) is 81.3 Å². The number of amides is 1. The van der Waals surface area contributed by atoms with Crippen LogP contribution < -0.4 is 5.32 Å². The molecule has 0 spiro atoms. The number of halogens is 11. The second-order valence-electron chi connectivity index (χ2n) is 16.9. The van der Waals surface area contributed by atoms with Crippen LogP contribution >= 0.6 is 11.6 Å². The van der Waals surface area contributed by atoms with Gasteiger partial charge in [0.05, 0.1) is 34.5 Å². The molecule has 5 aromatic rings. The van der Waals surface area contributed by atoms with Gasteiger partial charge in [-0.3, -0.25) is 18.4 Å². The number of carbonyl (C=O) groups excluding carboxylic acids is 2. The first-order valence-electron chi connectivity index (χ1n) is 20.3. The molecule has 71 heavy (non-hydrogen) atoms. The standard InChI is InChI=1S/C42H34ClF10N7O9S2/c1-39(2,71(3,67)68)9-8-22-4-5-23(24-6-7-27(43)32-29(56-60(34(24)32)17-40(46,47)48)15-58(70(65)66)18-69-38(64)37(62)63)33(54-22)28(12-19-10-20(44)13-21(45)11-19)55-30(61)16-59-36-31(35(57-59)42(51,52)53)25-14-26(25)41(36,49)50/h4-7,10-11,13,25-26,28H,12,14-18H2,1-3H3,(H,55,61)(H,62,63)(H,65,66)/p-1/t25-,26+,28?/m0/s1. The van der Waals surface area contributed by atoms with Crippen LogP contribution in [0.2, 0.25) is 5.02 Å². The minimum Gasteiger partial charge on any atom is -0.759 e. The Bertz CT molecular complexity index is 3200. The molecule has 0 aliphatic heterocycles. The van der Waals surface area contributed by atoms with E-state index in [1.165, 1.54) is 13.8 Å². The van der Waals surface area contributed by atoms with Gasteiger partial charge in [-0.15, -0.1) is 0 Å². The Morgan fingerprint density at radius 2 is 1.69 bits per heavy atom. The largest absolute Gasteiger partial charge is 0.759 e. The molecule has 4 atom stereocenters. The molecule has 16 nitrogen and oxygen atoms in total. The zero-order valence-electron chi connectivity index (χ0n) is 36.4. The van der Waals surface area contributed by atoms with Gasteiger partial charge in [-0.2, -0.15) is 49.6 Å². The molecule has 2 aliphatic carbocycles. The molecule has 7 rings (SSSR count). The molecule has 1 saturated carbocycles. The number of sulfone groups is 1. The molecule has 1 amide bonds. The topological polar surface area (TPSA) is 219 Å². The van der Waals surface area contributed by atoms with Crippen molar-refractivity contribution in [3.05, 3.63) is 98.7 Å². The summed E-state index contributed by atoms with van der Waals surface area (Å²) in [6.07, 6.45) is -10.4. The Balaban J connectivity index is 1.44. The maximum atomic E-state index is 15.5. The van der Waals surface area contributed by atoms with E-state index in [2.05, 4.69) is 37.1 Å². The van der Waals surface area contributed by atoms with Crippen molar-refractivity contribution in [1.29, 1.82) is 0 Å². The summed E-state index contributed by atoms with van der Waals surface area (Å²) in [7, 11) is -3.91. The number of aliphatic carboxylic acids is 1. The quantitative estimate of drug-likeness (QED) is 0.0305. The number of pyridine rings is 1. The fourth-order valence-electron chi connectivity index (χ4n) is 7.96. The molecular formula is C42H33ClF10N7O9S2-. The van der Waals surface area contributed by atoms with Crippen LogP contribution in [0.4, 0.5) is 43.9 Å². The van der Waals surface area contributed by atoms with Gasteiger partial charge in [0.25, 0.3) is 5.92 Å². The molecule has 3 heterocycles. The number of hydrogen-bond donors (Lipinski definition) is 2. The monoisotopic (exact) mass is 1070 g/mol. The van der Waals surface area contributed by atoms with E-state index in [1.54, 1.807) is 0 Å². The minimum atomic E-state index is -5.23. The van der Waals surface area contributed by atoms with Crippen LogP contribution in [0.3, 0.4) is 0 Å². The number of benzene rings is 2. The van der Waals surface area contributed by atoms with Gasteiger partial charge >= 0.3 is 24.3 Å². The van der Waals surface area contributed by atoms with Gasteiger partial charge in [0, 0.05) is 51.6 Å². The van der Waals surface area contributed by atoms with Gasteiger partial charge in [-0.25, -0.2) is 31.8 Å². The number of fused-ring (bicyclic) bond motifs is 4. The van der Waals surface area contributed by atoms with Crippen LogP contribution in [0, 0.1) is 29.4 Å². The van der Waals surface area contributed by atoms with Crippen LogP contribution in [0.25, 0.3) is 22.0 Å². The fourth-order valence-corrected chi connectivity index (χ4v) is 8.83. The molecule has 29 heteroatoms. The van der Waals surface area contributed by atoms with Crippen molar-refractivity contribution in [2.24, 2.45) is 5.92 Å². The summed E-state index contributed by atoms with van der Waals surface area (Å²) in [5, 5.41) is 17.9. The number of ether oxygens (including phenoxy) is 1. The number of alkyl halides is 8. The third-order valence-electron chi connectivity index (χ3n) is 11.4. The Morgan fingerprint density at radius 3 is 2.28 bits per heavy atom. The highest BCUT2D eigenvalue weighted by Crippen LogP contribution is 2.68. The molecule has 2 unspecified atom stereocenters. The summed E-state index contributed by atoms with van der Waals surface area (Å²) in [6, 6.07) is 4.83. The van der Waals surface area contributed by atoms with Crippen molar-refractivity contribution < 1.29 is 85.3 Å². The van der Waals surface area contributed by atoms with Gasteiger partial charge in [-0.05, 0) is 74.4 Å². The van der Waals surface area contributed by atoms with Crippen LogP contribution in [-0.4, -0.2) is 92.9 Å². The van der Waals surface area contributed by atoms with E-state index in [0.29, 0.717) is 10.7 Å². The maximum absolute atomic E-state index is 15.5.